The third kappa shape index (κ3) is 9.91. The van der Waals surface area contributed by atoms with Crippen LogP contribution in [0.2, 0.25) is 0 Å². The van der Waals surface area contributed by atoms with Gasteiger partial charge in [0.2, 0.25) is 0 Å². The summed E-state index contributed by atoms with van der Waals surface area (Å²) in [5, 5.41) is 16.0. The summed E-state index contributed by atoms with van der Waals surface area (Å²) in [4.78, 5) is 47.5. The summed E-state index contributed by atoms with van der Waals surface area (Å²) in [6.07, 6.45) is 4.85. The quantitative estimate of drug-likeness (QED) is 0.295. The number of pyridine rings is 1. The smallest absolute Gasteiger partial charge is 0.321 e. The van der Waals surface area contributed by atoms with Crippen molar-refractivity contribution in [3.63, 3.8) is 0 Å². The Morgan fingerprint density at radius 3 is 2.46 bits per heavy atom. The number of ether oxygens (including phenoxy) is 3. The normalized spacial score (nSPS) is 19.6. The molecule has 4 rings (SSSR count). The molecule has 0 radical (unpaired) electrons. The highest BCUT2D eigenvalue weighted by Gasteiger charge is 2.31. The van der Waals surface area contributed by atoms with Crippen molar-refractivity contribution in [1.82, 2.24) is 14.8 Å². The first-order chi connectivity index (χ1) is 23.1. The number of aromatic nitrogens is 1. The lowest BCUT2D eigenvalue weighted by atomic mass is 10.0. The molecule has 4 atom stereocenters. The predicted molar refractivity (Wildman–Crippen MR) is 184 cm³/mol. The lowest BCUT2D eigenvalue weighted by molar-refractivity contribution is -0.0115. The SMILES string of the molecule is COc1ccc(NC(=O)N(C)C[C@@H]2OCCCC[C@H](C)Oc3ccc(NC(=O)c4ccncc4)cc3C(=O)N([C@H](C)CO)C[C@@H]2C)cc1. The summed E-state index contributed by atoms with van der Waals surface area (Å²) in [6.45, 7) is 6.43. The van der Waals surface area contributed by atoms with E-state index in [-0.39, 0.29) is 55.1 Å². The zero-order valence-electron chi connectivity index (χ0n) is 28.3. The molecule has 0 saturated heterocycles. The fraction of sp³-hybridized carbons (Fsp3) is 0.444. The molecular weight excluding hydrogens is 614 g/mol. The molecule has 3 aromatic rings. The molecule has 258 valence electrons. The summed E-state index contributed by atoms with van der Waals surface area (Å²) in [7, 11) is 3.29. The maximum absolute atomic E-state index is 14.3. The fourth-order valence-corrected chi connectivity index (χ4v) is 5.42. The Bertz CT molecular complexity index is 1500. The number of carbonyl (C=O) groups is 3. The van der Waals surface area contributed by atoms with Gasteiger partial charge in [-0.05, 0) is 87.7 Å². The summed E-state index contributed by atoms with van der Waals surface area (Å²) >= 11 is 0. The molecule has 0 saturated carbocycles. The number of aliphatic hydroxyl groups excluding tert-OH is 1. The van der Waals surface area contributed by atoms with E-state index in [1.54, 1.807) is 85.5 Å². The highest BCUT2D eigenvalue weighted by Crippen LogP contribution is 2.29. The van der Waals surface area contributed by atoms with Gasteiger partial charge in [-0.15, -0.1) is 0 Å². The first-order valence-corrected chi connectivity index (χ1v) is 16.3. The van der Waals surface area contributed by atoms with Gasteiger partial charge in [0, 0.05) is 62.0 Å². The standard InChI is InChI=1S/C36H47N5O7/c1-24-21-41(25(2)23-42)35(44)31-20-29(38-34(43)27-15-17-37-18-16-27)11-14-32(31)48-26(3)8-6-7-19-47-33(24)22-40(4)36(45)39-28-9-12-30(46-5)13-10-28/h9-18,20,24-26,33,42H,6-8,19,21-23H2,1-5H3,(H,38,43)(H,39,45)/t24-,25+,26-,33-/m0/s1. The highest BCUT2D eigenvalue weighted by molar-refractivity contribution is 6.05. The molecule has 1 aliphatic rings. The molecule has 4 amide bonds. The maximum atomic E-state index is 14.3. The van der Waals surface area contributed by atoms with Crippen molar-refractivity contribution in [2.75, 3.05) is 51.1 Å². The van der Waals surface area contributed by atoms with Gasteiger partial charge in [-0.2, -0.15) is 0 Å². The van der Waals surface area contributed by atoms with Crippen LogP contribution >= 0.6 is 0 Å². The van der Waals surface area contributed by atoms with Gasteiger partial charge < -0.3 is 39.8 Å². The van der Waals surface area contributed by atoms with Gasteiger partial charge in [0.1, 0.15) is 11.5 Å². The van der Waals surface area contributed by atoms with Crippen LogP contribution in [0, 0.1) is 5.92 Å². The van der Waals surface area contributed by atoms with Gasteiger partial charge in [-0.3, -0.25) is 14.6 Å². The third-order valence-electron chi connectivity index (χ3n) is 8.39. The van der Waals surface area contributed by atoms with Gasteiger partial charge in [0.05, 0.1) is 37.5 Å². The second-order valence-corrected chi connectivity index (χ2v) is 12.2. The summed E-state index contributed by atoms with van der Waals surface area (Å²) in [6, 6.07) is 14.5. The topological polar surface area (TPSA) is 143 Å². The van der Waals surface area contributed by atoms with Crippen LogP contribution in [-0.4, -0.2) is 96.4 Å². The molecule has 3 N–H and O–H groups in total. The molecule has 0 aliphatic carbocycles. The predicted octanol–water partition coefficient (Wildman–Crippen LogP) is 5.30. The molecule has 1 aromatic heterocycles. The van der Waals surface area contributed by atoms with E-state index in [1.807, 2.05) is 13.8 Å². The van der Waals surface area contributed by atoms with Crippen molar-refractivity contribution >= 4 is 29.2 Å². The van der Waals surface area contributed by atoms with Crippen LogP contribution in [0.25, 0.3) is 0 Å². The number of carbonyl (C=O) groups excluding carboxylic acids is 3. The Balaban J connectivity index is 1.58. The molecule has 2 heterocycles. The number of hydrogen-bond acceptors (Lipinski definition) is 8. The molecule has 0 fully saturated rings. The van der Waals surface area contributed by atoms with E-state index in [9.17, 15) is 19.5 Å². The minimum Gasteiger partial charge on any atom is -0.497 e. The van der Waals surface area contributed by atoms with Crippen molar-refractivity contribution in [2.24, 2.45) is 5.92 Å². The van der Waals surface area contributed by atoms with Crippen LogP contribution in [0.15, 0.2) is 67.0 Å². The third-order valence-corrected chi connectivity index (χ3v) is 8.39. The van der Waals surface area contributed by atoms with Crippen molar-refractivity contribution in [3.8, 4) is 11.5 Å². The Hall–Kier alpha value is -4.68. The van der Waals surface area contributed by atoms with Crippen LogP contribution in [0.5, 0.6) is 11.5 Å². The summed E-state index contributed by atoms with van der Waals surface area (Å²) < 4.78 is 17.9. The number of likely N-dealkylation sites (N-methyl/N-ethyl adjacent to an activating group) is 1. The number of nitrogens with zero attached hydrogens (tertiary/aromatic N) is 3. The molecule has 1 aliphatic heterocycles. The van der Waals surface area contributed by atoms with Crippen LogP contribution in [0.4, 0.5) is 16.2 Å². The number of amides is 4. The fourth-order valence-electron chi connectivity index (χ4n) is 5.42. The zero-order valence-corrected chi connectivity index (χ0v) is 28.3. The zero-order chi connectivity index (χ0) is 34.6. The number of benzene rings is 2. The van der Waals surface area contributed by atoms with E-state index in [4.69, 9.17) is 14.2 Å². The van der Waals surface area contributed by atoms with Crippen molar-refractivity contribution in [2.45, 2.75) is 58.3 Å². The van der Waals surface area contributed by atoms with E-state index in [0.29, 0.717) is 35.0 Å². The Kier molecular flexibility index (Phi) is 13.2. The van der Waals surface area contributed by atoms with E-state index in [0.717, 1.165) is 19.3 Å². The van der Waals surface area contributed by atoms with E-state index >= 15 is 0 Å². The number of anilines is 2. The van der Waals surface area contributed by atoms with Crippen molar-refractivity contribution in [1.29, 1.82) is 0 Å². The maximum Gasteiger partial charge on any atom is 0.321 e. The number of rotatable bonds is 8. The number of aliphatic hydroxyl groups is 1. The Morgan fingerprint density at radius 2 is 1.77 bits per heavy atom. The Morgan fingerprint density at radius 1 is 1.06 bits per heavy atom. The minimum absolute atomic E-state index is 0.192. The van der Waals surface area contributed by atoms with Crippen molar-refractivity contribution in [3.05, 3.63) is 78.1 Å². The minimum atomic E-state index is -0.537. The van der Waals surface area contributed by atoms with Gasteiger partial charge in [-0.1, -0.05) is 6.92 Å². The molecule has 48 heavy (non-hydrogen) atoms. The lowest BCUT2D eigenvalue weighted by Gasteiger charge is -2.35. The first kappa shape index (κ1) is 36.2. The van der Waals surface area contributed by atoms with Gasteiger partial charge >= 0.3 is 6.03 Å². The molecule has 0 spiro atoms. The average Bonchev–Trinajstić information content (AvgIpc) is 3.10. The van der Waals surface area contributed by atoms with Crippen LogP contribution < -0.4 is 20.1 Å². The number of fused-ring (bicyclic) bond motifs is 1. The molecule has 12 heteroatoms. The molecule has 0 unspecified atom stereocenters. The lowest BCUT2D eigenvalue weighted by Crippen LogP contribution is -2.48. The average molecular weight is 662 g/mol. The Labute approximate surface area is 282 Å². The number of hydrogen-bond donors (Lipinski definition) is 3. The molecule has 12 nitrogen and oxygen atoms in total. The van der Waals surface area contributed by atoms with Crippen LogP contribution in [0.3, 0.4) is 0 Å². The molecule has 2 aromatic carbocycles. The largest absolute Gasteiger partial charge is 0.497 e. The van der Waals surface area contributed by atoms with E-state index in [2.05, 4.69) is 15.6 Å². The summed E-state index contributed by atoms with van der Waals surface area (Å²) in [5.41, 5.74) is 1.76. The van der Waals surface area contributed by atoms with Gasteiger partial charge in [0.15, 0.2) is 0 Å². The van der Waals surface area contributed by atoms with Gasteiger partial charge in [-0.25, -0.2) is 4.79 Å². The van der Waals surface area contributed by atoms with Crippen molar-refractivity contribution < 1.29 is 33.7 Å². The number of nitrogens with one attached hydrogen (secondary N) is 2. The highest BCUT2D eigenvalue weighted by atomic mass is 16.5. The second kappa shape index (κ2) is 17.5. The monoisotopic (exact) mass is 661 g/mol. The van der Waals surface area contributed by atoms with Crippen LogP contribution in [-0.2, 0) is 4.74 Å². The second-order valence-electron chi connectivity index (χ2n) is 12.2. The summed E-state index contributed by atoms with van der Waals surface area (Å²) in [5.74, 6) is 0.173. The number of methoxy groups -OCH3 is 1. The first-order valence-electron chi connectivity index (χ1n) is 16.3. The molecular formula is C36H47N5O7. The molecule has 0 bridgehead atoms. The van der Waals surface area contributed by atoms with Crippen LogP contribution in [0.1, 0.15) is 60.7 Å². The van der Waals surface area contributed by atoms with E-state index in [1.165, 1.54) is 12.4 Å². The number of urea groups is 1. The van der Waals surface area contributed by atoms with Gasteiger partial charge in [0.25, 0.3) is 11.8 Å². The van der Waals surface area contributed by atoms with E-state index < -0.39 is 12.1 Å².